The van der Waals surface area contributed by atoms with Crippen molar-refractivity contribution in [2.24, 2.45) is 11.8 Å². The van der Waals surface area contributed by atoms with Gasteiger partial charge in [0.2, 0.25) is 21.8 Å². The lowest BCUT2D eigenvalue weighted by Crippen LogP contribution is -2.52. The summed E-state index contributed by atoms with van der Waals surface area (Å²) in [6.07, 6.45) is 0.574. The topological polar surface area (TPSA) is 171 Å². The molecule has 6 rings (SSSR count). The standard InChI is InChI=1S/C41H47N5O8S2/c1-26(2)21-46(24-35(47)34(18-29-12-6-5-7-13-29)42-37(48)25-54-39-27(3)10-8-11-28(39)4)56(51,52)32-15-16-33-36(20-32)55-41(43-33)44-40(50)30-19-38(49)45(22-30)23-31-14-9-17-53-31/h5-17,20,26,30,34-35,47H,18-19,21-25H2,1-4H3,(H,42,48)(H,43,44,50)/t30?,34-,35+/m0/s1. The number of rotatable bonds is 17. The molecule has 13 nitrogen and oxygen atoms in total. The van der Waals surface area contributed by atoms with Crippen molar-refractivity contribution in [2.45, 2.75) is 64.1 Å². The molecule has 0 spiro atoms. The van der Waals surface area contributed by atoms with Crippen molar-refractivity contribution in [3.63, 3.8) is 0 Å². The maximum Gasteiger partial charge on any atom is 0.258 e. The molecule has 1 fully saturated rings. The zero-order valence-corrected chi connectivity index (χ0v) is 33.4. The number of aryl methyl sites for hydroxylation is 2. The highest BCUT2D eigenvalue weighted by atomic mass is 32.2. The van der Waals surface area contributed by atoms with Gasteiger partial charge in [-0.2, -0.15) is 4.31 Å². The van der Waals surface area contributed by atoms with E-state index in [1.807, 2.05) is 76.2 Å². The molecule has 5 aromatic rings. The number of hydrogen-bond donors (Lipinski definition) is 3. The Bertz CT molecular complexity index is 2240. The van der Waals surface area contributed by atoms with Crippen LogP contribution in [0.25, 0.3) is 10.2 Å². The number of amides is 3. The highest BCUT2D eigenvalue weighted by Crippen LogP contribution is 2.31. The van der Waals surface area contributed by atoms with Crippen molar-refractivity contribution in [3.8, 4) is 5.75 Å². The number of thiazole rings is 1. The van der Waals surface area contributed by atoms with Crippen LogP contribution < -0.4 is 15.4 Å². The predicted molar refractivity (Wildman–Crippen MR) is 214 cm³/mol. The Morgan fingerprint density at radius 2 is 1.79 bits per heavy atom. The van der Waals surface area contributed by atoms with Crippen LogP contribution in [0.4, 0.5) is 5.13 Å². The maximum atomic E-state index is 14.3. The molecular weight excluding hydrogens is 755 g/mol. The van der Waals surface area contributed by atoms with Crippen molar-refractivity contribution >= 4 is 54.4 Å². The van der Waals surface area contributed by atoms with E-state index in [1.165, 1.54) is 22.7 Å². The Morgan fingerprint density at radius 1 is 1.04 bits per heavy atom. The zero-order chi connectivity index (χ0) is 40.0. The minimum Gasteiger partial charge on any atom is -0.483 e. The maximum absolute atomic E-state index is 14.3. The smallest absolute Gasteiger partial charge is 0.258 e. The highest BCUT2D eigenvalue weighted by molar-refractivity contribution is 7.89. The zero-order valence-electron chi connectivity index (χ0n) is 31.8. The summed E-state index contributed by atoms with van der Waals surface area (Å²) in [5.41, 5.74) is 3.13. The van der Waals surface area contributed by atoms with Gasteiger partial charge >= 0.3 is 0 Å². The first kappa shape index (κ1) is 40.6. The molecule has 3 heterocycles. The summed E-state index contributed by atoms with van der Waals surface area (Å²) in [6, 6.07) is 22.3. The normalized spacial score (nSPS) is 15.7. The molecule has 3 amide bonds. The number of carbonyl (C=O) groups is 3. The second-order valence-corrected chi connectivity index (χ2v) is 17.5. The molecule has 1 aliphatic heterocycles. The van der Waals surface area contributed by atoms with E-state index < -0.39 is 34.0 Å². The van der Waals surface area contributed by atoms with Crippen molar-refractivity contribution in [1.29, 1.82) is 0 Å². The summed E-state index contributed by atoms with van der Waals surface area (Å²) in [6.45, 7) is 7.64. The lowest BCUT2D eigenvalue weighted by Gasteiger charge is -2.30. The largest absolute Gasteiger partial charge is 0.483 e. The van der Waals surface area contributed by atoms with Gasteiger partial charge in [-0.1, -0.05) is 73.7 Å². The van der Waals surface area contributed by atoms with Crippen LogP contribution in [0.15, 0.2) is 94.4 Å². The predicted octanol–water partition coefficient (Wildman–Crippen LogP) is 5.31. The van der Waals surface area contributed by atoms with Gasteiger partial charge in [-0.25, -0.2) is 13.4 Å². The number of benzene rings is 3. The van der Waals surface area contributed by atoms with E-state index in [4.69, 9.17) is 9.15 Å². The molecule has 0 bridgehead atoms. The Hall–Kier alpha value is -5.09. The Balaban J connectivity index is 1.15. The fourth-order valence-corrected chi connectivity index (χ4v) is 9.38. The van der Waals surface area contributed by atoms with Gasteiger partial charge in [-0.05, 0) is 73.2 Å². The molecule has 296 valence electrons. The van der Waals surface area contributed by atoms with Gasteiger partial charge in [0.1, 0.15) is 11.5 Å². The number of nitrogens with zero attached hydrogens (tertiary/aromatic N) is 3. The molecular formula is C41H47N5O8S2. The van der Waals surface area contributed by atoms with E-state index in [1.54, 1.807) is 23.1 Å². The van der Waals surface area contributed by atoms with Gasteiger partial charge in [0.25, 0.3) is 5.91 Å². The molecule has 3 N–H and O–H groups in total. The summed E-state index contributed by atoms with van der Waals surface area (Å²) in [4.78, 5) is 45.1. The lowest BCUT2D eigenvalue weighted by atomic mass is 10.0. The van der Waals surface area contributed by atoms with Crippen LogP contribution in [-0.4, -0.2) is 83.8 Å². The average Bonchev–Trinajstić information content (AvgIpc) is 3.91. The fourth-order valence-electron chi connectivity index (χ4n) is 6.74. The number of sulfonamides is 1. The van der Waals surface area contributed by atoms with Crippen molar-refractivity contribution in [2.75, 3.05) is 31.6 Å². The van der Waals surface area contributed by atoms with Gasteiger partial charge in [0.05, 0.1) is 46.0 Å². The van der Waals surface area contributed by atoms with E-state index in [0.29, 0.717) is 21.7 Å². The first-order chi connectivity index (χ1) is 26.8. The van der Waals surface area contributed by atoms with Crippen molar-refractivity contribution in [1.82, 2.24) is 19.5 Å². The SMILES string of the molecule is Cc1cccc(C)c1OCC(=O)N[C@@H](Cc1ccccc1)[C@H](O)CN(CC(C)C)S(=O)(=O)c1ccc2nc(NC(=O)C3CC(=O)N(Cc4ccco4)C3)sc2c1. The summed E-state index contributed by atoms with van der Waals surface area (Å²) >= 11 is 1.13. The summed E-state index contributed by atoms with van der Waals surface area (Å²) in [7, 11) is -4.16. The number of aliphatic hydroxyl groups excluding tert-OH is 1. The number of furan rings is 1. The number of hydrogen-bond acceptors (Lipinski definition) is 10. The van der Waals surface area contributed by atoms with E-state index in [2.05, 4.69) is 15.6 Å². The molecule has 1 saturated heterocycles. The van der Waals surface area contributed by atoms with Crippen LogP contribution in [0.3, 0.4) is 0 Å². The van der Waals surface area contributed by atoms with Gasteiger partial charge in [-0.15, -0.1) is 0 Å². The first-order valence-corrected chi connectivity index (χ1v) is 20.7. The molecule has 15 heteroatoms. The molecule has 0 aliphatic carbocycles. The van der Waals surface area contributed by atoms with Crippen LogP contribution >= 0.6 is 11.3 Å². The van der Waals surface area contributed by atoms with Crippen LogP contribution in [-0.2, 0) is 37.4 Å². The number of ether oxygens (including phenoxy) is 1. The monoisotopic (exact) mass is 801 g/mol. The second kappa shape index (κ2) is 17.8. The minimum absolute atomic E-state index is 0.0000187. The molecule has 2 aromatic heterocycles. The summed E-state index contributed by atoms with van der Waals surface area (Å²) in [5, 5.41) is 17.7. The lowest BCUT2D eigenvalue weighted by molar-refractivity contribution is -0.129. The Labute approximate surface area is 330 Å². The van der Waals surface area contributed by atoms with E-state index in [-0.39, 0.29) is 73.4 Å². The van der Waals surface area contributed by atoms with Crippen LogP contribution in [0.2, 0.25) is 0 Å². The number of para-hydroxylation sites is 1. The molecule has 56 heavy (non-hydrogen) atoms. The molecule has 1 aliphatic rings. The van der Waals surface area contributed by atoms with Gasteiger partial charge in [0, 0.05) is 26.1 Å². The number of nitrogens with one attached hydrogen (secondary N) is 2. The quantitative estimate of drug-likeness (QED) is 0.113. The van der Waals surface area contributed by atoms with E-state index in [0.717, 1.165) is 28.0 Å². The minimum atomic E-state index is -4.16. The molecule has 3 aromatic carbocycles. The molecule has 1 unspecified atom stereocenters. The van der Waals surface area contributed by atoms with Crippen molar-refractivity contribution < 1.29 is 37.1 Å². The van der Waals surface area contributed by atoms with Gasteiger partial charge < -0.3 is 29.8 Å². The summed E-state index contributed by atoms with van der Waals surface area (Å²) in [5.74, 6) is -0.358. The summed E-state index contributed by atoms with van der Waals surface area (Å²) < 4.78 is 41.6. The molecule has 0 radical (unpaired) electrons. The average molecular weight is 802 g/mol. The van der Waals surface area contributed by atoms with Crippen molar-refractivity contribution in [3.05, 3.63) is 108 Å². The molecule has 0 saturated carbocycles. The van der Waals surface area contributed by atoms with E-state index in [9.17, 15) is 27.9 Å². The number of carbonyl (C=O) groups excluding carboxylic acids is 3. The van der Waals surface area contributed by atoms with Gasteiger partial charge in [-0.3, -0.25) is 14.4 Å². The Morgan fingerprint density at radius 3 is 2.48 bits per heavy atom. The van der Waals surface area contributed by atoms with Crippen LogP contribution in [0.1, 0.15) is 42.7 Å². The van der Waals surface area contributed by atoms with Gasteiger partial charge in [0.15, 0.2) is 11.7 Å². The van der Waals surface area contributed by atoms with Crippen LogP contribution in [0.5, 0.6) is 5.75 Å². The highest BCUT2D eigenvalue weighted by Gasteiger charge is 2.35. The number of aliphatic hydroxyl groups is 1. The first-order valence-electron chi connectivity index (χ1n) is 18.5. The molecule has 3 atom stereocenters. The number of likely N-dealkylation sites (tertiary alicyclic amines) is 1. The van der Waals surface area contributed by atoms with E-state index >= 15 is 0 Å². The third-order valence-corrected chi connectivity index (χ3v) is 12.3. The number of fused-ring (bicyclic) bond motifs is 1. The Kier molecular flexibility index (Phi) is 12.9. The third-order valence-electron chi connectivity index (χ3n) is 9.57. The fraction of sp³-hybridized carbons (Fsp3) is 0.366. The van der Waals surface area contributed by atoms with Crippen LogP contribution in [0, 0.1) is 25.7 Å². The second-order valence-electron chi connectivity index (χ2n) is 14.5. The third kappa shape index (κ3) is 10.0. The number of aromatic nitrogens is 1. The number of anilines is 1.